The molecular weight excluding hydrogens is 394 g/mol. The predicted molar refractivity (Wildman–Crippen MR) is 123 cm³/mol. The van der Waals surface area contributed by atoms with Crippen LogP contribution in [-0.4, -0.2) is 29.8 Å². The minimum absolute atomic E-state index is 0.00540. The molecule has 156 valence electrons. The Balaban J connectivity index is 1.40. The Bertz CT molecular complexity index is 990. The van der Waals surface area contributed by atoms with Gasteiger partial charge in [-0.1, -0.05) is 60.7 Å². The van der Waals surface area contributed by atoms with Crippen LogP contribution in [0.4, 0.5) is 0 Å². The first-order chi connectivity index (χ1) is 14.5. The zero-order valence-electron chi connectivity index (χ0n) is 17.3. The van der Waals surface area contributed by atoms with Crippen molar-refractivity contribution in [3.05, 3.63) is 78.4 Å². The molecule has 0 fully saturated rings. The highest BCUT2D eigenvalue weighted by molar-refractivity contribution is 8.00. The van der Waals surface area contributed by atoms with Gasteiger partial charge in [0, 0.05) is 10.9 Å². The van der Waals surface area contributed by atoms with Crippen LogP contribution in [0.5, 0.6) is 0 Å². The fraction of sp³-hybridized carbons (Fsp3) is 0.280. The summed E-state index contributed by atoms with van der Waals surface area (Å²) in [6.45, 7) is 3.57. The van der Waals surface area contributed by atoms with Gasteiger partial charge in [-0.2, -0.15) is 0 Å². The molecule has 30 heavy (non-hydrogen) atoms. The van der Waals surface area contributed by atoms with Gasteiger partial charge in [0.25, 0.3) is 5.91 Å². The highest BCUT2D eigenvalue weighted by Gasteiger charge is 2.19. The molecule has 4 nitrogen and oxygen atoms in total. The van der Waals surface area contributed by atoms with Gasteiger partial charge in [0.05, 0.1) is 5.75 Å². The predicted octanol–water partition coefficient (Wildman–Crippen LogP) is 5.00. The summed E-state index contributed by atoms with van der Waals surface area (Å²) in [6, 6.07) is 24.3. The van der Waals surface area contributed by atoms with Gasteiger partial charge in [0.1, 0.15) is 0 Å². The number of nitrogens with one attached hydrogen (secondary N) is 1. The number of fused-ring (bicyclic) bond motifs is 1. The van der Waals surface area contributed by atoms with Crippen LogP contribution in [0.2, 0.25) is 0 Å². The maximum absolute atomic E-state index is 12.3. The third-order valence-electron chi connectivity index (χ3n) is 4.85. The highest BCUT2D eigenvalue weighted by atomic mass is 32.2. The summed E-state index contributed by atoms with van der Waals surface area (Å²) in [5.41, 5.74) is 1.24. The number of hydrogen-bond donors (Lipinski definition) is 1. The number of rotatable bonds is 9. The monoisotopic (exact) mass is 421 g/mol. The SMILES string of the molecule is C[C@@H](CCc1ccccc1)NC(=O)[C@@H](C)OC(=O)CSc1ccc2ccccc2c1. The van der Waals surface area contributed by atoms with Crippen LogP contribution in [0.1, 0.15) is 25.8 Å². The molecule has 0 spiro atoms. The molecule has 0 aliphatic heterocycles. The van der Waals surface area contributed by atoms with Gasteiger partial charge in [0.2, 0.25) is 0 Å². The quantitative estimate of drug-likeness (QED) is 0.390. The Hall–Kier alpha value is -2.79. The third-order valence-corrected chi connectivity index (χ3v) is 5.82. The van der Waals surface area contributed by atoms with E-state index in [1.165, 1.54) is 17.3 Å². The maximum atomic E-state index is 12.3. The van der Waals surface area contributed by atoms with Crippen molar-refractivity contribution in [1.82, 2.24) is 5.32 Å². The van der Waals surface area contributed by atoms with Crippen LogP contribution in [0.15, 0.2) is 77.7 Å². The minimum Gasteiger partial charge on any atom is -0.452 e. The highest BCUT2D eigenvalue weighted by Crippen LogP contribution is 2.23. The van der Waals surface area contributed by atoms with E-state index in [2.05, 4.69) is 29.6 Å². The van der Waals surface area contributed by atoms with E-state index in [9.17, 15) is 9.59 Å². The van der Waals surface area contributed by atoms with E-state index in [0.29, 0.717) is 0 Å². The Morgan fingerprint density at radius 2 is 1.63 bits per heavy atom. The molecule has 3 rings (SSSR count). The van der Waals surface area contributed by atoms with Gasteiger partial charge in [-0.25, -0.2) is 0 Å². The van der Waals surface area contributed by atoms with Gasteiger partial charge < -0.3 is 10.1 Å². The molecular formula is C25H27NO3S. The molecule has 0 saturated carbocycles. The van der Waals surface area contributed by atoms with Crippen molar-refractivity contribution in [2.75, 3.05) is 5.75 Å². The van der Waals surface area contributed by atoms with E-state index in [1.807, 2.05) is 55.5 Å². The van der Waals surface area contributed by atoms with Crippen molar-refractivity contribution in [2.24, 2.45) is 0 Å². The number of carbonyl (C=O) groups excluding carboxylic acids is 2. The number of hydrogen-bond acceptors (Lipinski definition) is 4. The first-order valence-electron chi connectivity index (χ1n) is 10.2. The number of carbonyl (C=O) groups is 2. The zero-order valence-corrected chi connectivity index (χ0v) is 18.2. The molecule has 0 aromatic heterocycles. The lowest BCUT2D eigenvalue weighted by atomic mass is 10.1. The molecule has 0 unspecified atom stereocenters. The summed E-state index contributed by atoms with van der Waals surface area (Å²) in [6.07, 6.45) is 0.904. The molecule has 0 aliphatic carbocycles. The van der Waals surface area contributed by atoms with E-state index in [4.69, 9.17) is 4.74 Å². The lowest BCUT2D eigenvalue weighted by Gasteiger charge is -2.18. The van der Waals surface area contributed by atoms with E-state index < -0.39 is 12.1 Å². The number of esters is 1. The molecule has 1 amide bonds. The Labute approximate surface area is 182 Å². The number of benzene rings is 3. The molecule has 5 heteroatoms. The van der Waals surface area contributed by atoms with E-state index >= 15 is 0 Å². The van der Waals surface area contributed by atoms with Gasteiger partial charge in [0.15, 0.2) is 6.10 Å². The molecule has 0 aliphatic rings. The normalized spacial score (nSPS) is 12.9. The van der Waals surface area contributed by atoms with Crippen molar-refractivity contribution in [2.45, 2.75) is 43.7 Å². The molecule has 1 N–H and O–H groups in total. The fourth-order valence-corrected chi connectivity index (χ4v) is 3.87. The van der Waals surface area contributed by atoms with Crippen LogP contribution < -0.4 is 5.32 Å². The molecule has 2 atom stereocenters. The summed E-state index contributed by atoms with van der Waals surface area (Å²) in [5.74, 6) is -0.494. The lowest BCUT2D eigenvalue weighted by molar-refractivity contribution is -0.152. The molecule has 0 radical (unpaired) electrons. The number of amides is 1. The first kappa shape index (κ1) is 21.9. The largest absolute Gasteiger partial charge is 0.452 e. The van der Waals surface area contributed by atoms with E-state index in [-0.39, 0.29) is 17.7 Å². The van der Waals surface area contributed by atoms with Crippen LogP contribution in [-0.2, 0) is 20.7 Å². The van der Waals surface area contributed by atoms with Crippen LogP contribution in [0, 0.1) is 0 Å². The second-order valence-corrected chi connectivity index (χ2v) is 8.41. The lowest BCUT2D eigenvalue weighted by Crippen LogP contribution is -2.41. The summed E-state index contributed by atoms with van der Waals surface area (Å²) in [7, 11) is 0. The average molecular weight is 422 g/mol. The second kappa shape index (κ2) is 10.8. The van der Waals surface area contributed by atoms with Crippen molar-refractivity contribution in [3.8, 4) is 0 Å². The minimum atomic E-state index is -0.811. The smallest absolute Gasteiger partial charge is 0.317 e. The van der Waals surface area contributed by atoms with Crippen molar-refractivity contribution < 1.29 is 14.3 Å². The molecule has 3 aromatic rings. The summed E-state index contributed by atoms with van der Waals surface area (Å²) < 4.78 is 5.31. The average Bonchev–Trinajstić information content (AvgIpc) is 2.76. The number of aryl methyl sites for hydroxylation is 1. The van der Waals surface area contributed by atoms with Gasteiger partial charge >= 0.3 is 5.97 Å². The Morgan fingerprint density at radius 1 is 0.933 bits per heavy atom. The van der Waals surface area contributed by atoms with E-state index in [0.717, 1.165) is 28.5 Å². The Morgan fingerprint density at radius 3 is 2.40 bits per heavy atom. The van der Waals surface area contributed by atoms with Crippen LogP contribution in [0.25, 0.3) is 10.8 Å². The summed E-state index contributed by atoms with van der Waals surface area (Å²) in [4.78, 5) is 25.5. The Kier molecular flexibility index (Phi) is 7.91. The van der Waals surface area contributed by atoms with Gasteiger partial charge in [-0.3, -0.25) is 9.59 Å². The molecule has 0 saturated heterocycles. The van der Waals surface area contributed by atoms with Crippen LogP contribution >= 0.6 is 11.8 Å². The standard InChI is InChI=1S/C25H27NO3S/c1-18(12-13-20-8-4-3-5-9-20)26-25(28)19(2)29-24(27)17-30-23-15-14-21-10-6-7-11-22(21)16-23/h3-11,14-16,18-19H,12-13,17H2,1-2H3,(H,26,28)/t18-,19+/m0/s1. The van der Waals surface area contributed by atoms with Crippen LogP contribution in [0.3, 0.4) is 0 Å². The number of thioether (sulfide) groups is 1. The van der Waals surface area contributed by atoms with Crippen molar-refractivity contribution in [3.63, 3.8) is 0 Å². The molecule has 0 bridgehead atoms. The second-order valence-electron chi connectivity index (χ2n) is 7.36. The van der Waals surface area contributed by atoms with E-state index in [1.54, 1.807) is 6.92 Å². The van der Waals surface area contributed by atoms with Gasteiger partial charge in [-0.05, 0) is 55.2 Å². The third kappa shape index (κ3) is 6.63. The first-order valence-corrected chi connectivity index (χ1v) is 11.1. The molecule has 3 aromatic carbocycles. The van der Waals surface area contributed by atoms with Crippen molar-refractivity contribution in [1.29, 1.82) is 0 Å². The summed E-state index contributed by atoms with van der Waals surface area (Å²) in [5, 5.41) is 5.22. The number of ether oxygens (including phenoxy) is 1. The zero-order chi connectivity index (χ0) is 21.3. The van der Waals surface area contributed by atoms with Gasteiger partial charge in [-0.15, -0.1) is 11.8 Å². The van der Waals surface area contributed by atoms with Crippen molar-refractivity contribution >= 4 is 34.4 Å². The topological polar surface area (TPSA) is 55.4 Å². The fourth-order valence-electron chi connectivity index (χ4n) is 3.14. The maximum Gasteiger partial charge on any atom is 0.317 e. The molecule has 0 heterocycles. The summed E-state index contributed by atoms with van der Waals surface area (Å²) >= 11 is 1.41.